The summed E-state index contributed by atoms with van der Waals surface area (Å²) < 4.78 is 5.08. The third-order valence-electron chi connectivity index (χ3n) is 3.68. The van der Waals surface area contributed by atoms with Crippen LogP contribution in [0.3, 0.4) is 0 Å². The smallest absolute Gasteiger partial charge is 0.303 e. The number of carbonyl (C=O) groups is 2. The largest absolute Gasteiger partial charge is 0.481 e. The number of carboxylic acids is 1. The third-order valence-corrected chi connectivity index (χ3v) is 3.68. The molecule has 0 bridgehead atoms. The van der Waals surface area contributed by atoms with Gasteiger partial charge in [-0.1, -0.05) is 62.5 Å². The Morgan fingerprint density at radius 1 is 0.875 bits per heavy atom. The number of hydrogen-bond acceptors (Lipinski definition) is 3. The highest BCUT2D eigenvalue weighted by molar-refractivity contribution is 5.89. The summed E-state index contributed by atoms with van der Waals surface area (Å²) in [6, 6.07) is 0. The van der Waals surface area contributed by atoms with Gasteiger partial charge in [-0.15, -0.1) is 0 Å². The van der Waals surface area contributed by atoms with Gasteiger partial charge in [-0.25, -0.2) is 0 Å². The molecule has 0 aromatic rings. The van der Waals surface area contributed by atoms with Crippen LogP contribution >= 0.6 is 0 Å². The number of rotatable bonds is 15. The van der Waals surface area contributed by atoms with Crippen molar-refractivity contribution in [2.75, 3.05) is 7.11 Å². The van der Waals surface area contributed by atoms with Crippen molar-refractivity contribution in [1.82, 2.24) is 0 Å². The highest BCUT2D eigenvalue weighted by Crippen LogP contribution is 2.10. The van der Waals surface area contributed by atoms with Crippen LogP contribution in [-0.2, 0) is 14.3 Å². The fourth-order valence-electron chi connectivity index (χ4n) is 2.13. The topological polar surface area (TPSA) is 63.6 Å². The molecular formula is C20H32O4. The quantitative estimate of drug-likeness (QED) is 0.264. The predicted octanol–water partition coefficient (Wildman–Crippen LogP) is 4.85. The summed E-state index contributed by atoms with van der Waals surface area (Å²) in [5.41, 5.74) is 0. The number of allylic oxidation sites excluding steroid dienone is 5. The summed E-state index contributed by atoms with van der Waals surface area (Å²) in [7, 11) is 1.66. The van der Waals surface area contributed by atoms with Crippen molar-refractivity contribution in [3.8, 4) is 0 Å². The van der Waals surface area contributed by atoms with Crippen LogP contribution in [0.5, 0.6) is 0 Å². The number of carbonyl (C=O) groups excluding carboxylic acids is 1. The van der Waals surface area contributed by atoms with E-state index in [-0.39, 0.29) is 18.3 Å². The number of ether oxygens (including phenoxy) is 1. The van der Waals surface area contributed by atoms with Gasteiger partial charge in [0.15, 0.2) is 5.78 Å². The first-order chi connectivity index (χ1) is 11.6. The van der Waals surface area contributed by atoms with E-state index in [2.05, 4.69) is 0 Å². The fourth-order valence-corrected chi connectivity index (χ4v) is 2.13. The molecule has 1 N–H and O–H groups in total. The van der Waals surface area contributed by atoms with Crippen LogP contribution < -0.4 is 0 Å². The van der Waals surface area contributed by atoms with Gasteiger partial charge in [0.1, 0.15) is 0 Å². The molecule has 1 unspecified atom stereocenters. The Balaban J connectivity index is 3.52. The molecule has 0 heterocycles. The van der Waals surface area contributed by atoms with Crippen LogP contribution in [0, 0.1) is 0 Å². The van der Waals surface area contributed by atoms with Crippen molar-refractivity contribution in [1.29, 1.82) is 0 Å². The maximum Gasteiger partial charge on any atom is 0.303 e. The average Bonchev–Trinajstić information content (AvgIpc) is 2.55. The lowest BCUT2D eigenvalue weighted by Gasteiger charge is -2.00. The molecule has 136 valence electrons. The maximum absolute atomic E-state index is 11.7. The molecular weight excluding hydrogens is 304 g/mol. The summed E-state index contributed by atoms with van der Waals surface area (Å²) in [4.78, 5) is 22.0. The lowest BCUT2D eigenvalue weighted by molar-refractivity contribution is -0.137. The van der Waals surface area contributed by atoms with Crippen molar-refractivity contribution < 1.29 is 19.4 Å². The summed E-state index contributed by atoms with van der Waals surface area (Å²) >= 11 is 0. The molecule has 0 radical (unpaired) electrons. The van der Waals surface area contributed by atoms with Crippen molar-refractivity contribution in [2.24, 2.45) is 0 Å². The second kappa shape index (κ2) is 16.2. The van der Waals surface area contributed by atoms with Gasteiger partial charge in [-0.3, -0.25) is 9.59 Å². The molecule has 0 aromatic carbocycles. The first kappa shape index (κ1) is 22.3. The van der Waals surface area contributed by atoms with E-state index >= 15 is 0 Å². The van der Waals surface area contributed by atoms with Gasteiger partial charge in [0.05, 0.1) is 6.10 Å². The van der Waals surface area contributed by atoms with Gasteiger partial charge in [0.25, 0.3) is 0 Å². The van der Waals surface area contributed by atoms with Crippen LogP contribution in [0.15, 0.2) is 36.5 Å². The van der Waals surface area contributed by atoms with Crippen LogP contribution in [-0.4, -0.2) is 30.1 Å². The molecule has 0 fully saturated rings. The third kappa shape index (κ3) is 16.7. The molecule has 0 aliphatic carbocycles. The minimum absolute atomic E-state index is 0.0948. The Bertz CT molecular complexity index is 421. The minimum atomic E-state index is -0.711. The maximum atomic E-state index is 11.7. The Kier molecular flexibility index (Phi) is 15.1. The van der Waals surface area contributed by atoms with Crippen LogP contribution in [0.25, 0.3) is 0 Å². The summed E-state index contributed by atoms with van der Waals surface area (Å²) in [6.07, 6.45) is 19.0. The van der Waals surface area contributed by atoms with Crippen molar-refractivity contribution in [3.05, 3.63) is 36.5 Å². The van der Waals surface area contributed by atoms with Crippen molar-refractivity contribution >= 4 is 11.8 Å². The van der Waals surface area contributed by atoms with E-state index in [0.29, 0.717) is 6.42 Å². The van der Waals surface area contributed by atoms with Crippen LogP contribution in [0.2, 0.25) is 0 Å². The zero-order valence-corrected chi connectivity index (χ0v) is 15.1. The lowest BCUT2D eigenvalue weighted by Crippen LogP contribution is -1.97. The highest BCUT2D eigenvalue weighted by atomic mass is 16.5. The van der Waals surface area contributed by atoms with E-state index in [1.165, 1.54) is 0 Å². The van der Waals surface area contributed by atoms with E-state index < -0.39 is 5.97 Å². The van der Waals surface area contributed by atoms with Gasteiger partial charge >= 0.3 is 5.97 Å². The predicted molar refractivity (Wildman–Crippen MR) is 98.1 cm³/mol. The number of methoxy groups -OCH3 is 1. The zero-order valence-electron chi connectivity index (χ0n) is 15.1. The SMILES string of the molecule is COC(C)C=CC=CC=CC(=O)CCCCCCCCCC(=O)O. The monoisotopic (exact) mass is 336 g/mol. The molecule has 0 saturated heterocycles. The molecule has 24 heavy (non-hydrogen) atoms. The first-order valence-electron chi connectivity index (χ1n) is 8.85. The van der Waals surface area contributed by atoms with Gasteiger partial charge in [0, 0.05) is 20.0 Å². The van der Waals surface area contributed by atoms with Gasteiger partial charge in [-0.05, 0) is 25.8 Å². The molecule has 0 spiro atoms. The number of carboxylic acid groups (broad SMARTS) is 1. The molecule has 4 heteroatoms. The fraction of sp³-hybridized carbons (Fsp3) is 0.600. The van der Waals surface area contributed by atoms with E-state index in [1.807, 2.05) is 31.2 Å². The highest BCUT2D eigenvalue weighted by Gasteiger charge is 1.98. The normalized spacial score (nSPS) is 13.2. The number of ketones is 1. The summed E-state index contributed by atoms with van der Waals surface area (Å²) in [6.45, 7) is 1.96. The molecule has 0 rings (SSSR count). The Morgan fingerprint density at radius 3 is 2.00 bits per heavy atom. The van der Waals surface area contributed by atoms with Crippen LogP contribution in [0.1, 0.15) is 64.7 Å². The van der Waals surface area contributed by atoms with Crippen molar-refractivity contribution in [2.45, 2.75) is 70.8 Å². The zero-order chi connectivity index (χ0) is 18.0. The van der Waals surface area contributed by atoms with E-state index in [1.54, 1.807) is 19.3 Å². The molecule has 0 aliphatic heterocycles. The number of unbranched alkanes of at least 4 members (excludes halogenated alkanes) is 6. The standard InChI is InChI=1S/C20H32O4/c1-18(24-2)14-10-8-9-12-16-19(21)15-11-6-4-3-5-7-13-17-20(22)23/h8-10,12,14,16,18H,3-7,11,13,15,17H2,1-2H3,(H,22,23). The average molecular weight is 336 g/mol. The Hall–Kier alpha value is -1.68. The molecule has 0 aromatic heterocycles. The minimum Gasteiger partial charge on any atom is -0.481 e. The molecule has 0 saturated carbocycles. The lowest BCUT2D eigenvalue weighted by atomic mass is 10.1. The van der Waals surface area contributed by atoms with E-state index in [4.69, 9.17) is 9.84 Å². The molecule has 4 nitrogen and oxygen atoms in total. The molecule has 0 aliphatic rings. The van der Waals surface area contributed by atoms with E-state index in [0.717, 1.165) is 44.9 Å². The van der Waals surface area contributed by atoms with Crippen molar-refractivity contribution in [3.63, 3.8) is 0 Å². The second-order valence-corrected chi connectivity index (χ2v) is 5.90. The Labute approximate surface area is 146 Å². The number of hydrogen-bond donors (Lipinski definition) is 1. The Morgan fingerprint density at radius 2 is 1.42 bits per heavy atom. The van der Waals surface area contributed by atoms with E-state index in [9.17, 15) is 9.59 Å². The summed E-state index contributed by atoms with van der Waals surface area (Å²) in [5.74, 6) is -0.549. The van der Waals surface area contributed by atoms with Gasteiger partial charge in [-0.2, -0.15) is 0 Å². The first-order valence-corrected chi connectivity index (χ1v) is 8.85. The van der Waals surface area contributed by atoms with Gasteiger partial charge < -0.3 is 9.84 Å². The molecule has 1 atom stereocenters. The van der Waals surface area contributed by atoms with Crippen LogP contribution in [0.4, 0.5) is 0 Å². The summed E-state index contributed by atoms with van der Waals surface area (Å²) in [5, 5.41) is 8.52. The van der Waals surface area contributed by atoms with Gasteiger partial charge in [0.2, 0.25) is 0 Å². The second-order valence-electron chi connectivity index (χ2n) is 5.90. The molecule has 0 amide bonds. The number of aliphatic carboxylic acids is 1.